The van der Waals surface area contributed by atoms with Gasteiger partial charge in [-0.2, -0.15) is 0 Å². The zero-order chi connectivity index (χ0) is 12.3. The number of hydrogen-bond acceptors (Lipinski definition) is 3. The van der Waals surface area contributed by atoms with E-state index in [2.05, 4.69) is 20.7 Å². The van der Waals surface area contributed by atoms with Gasteiger partial charge in [-0.05, 0) is 33.6 Å². The van der Waals surface area contributed by atoms with E-state index in [1.807, 2.05) is 0 Å². The summed E-state index contributed by atoms with van der Waals surface area (Å²) in [5.41, 5.74) is 5.08. The lowest BCUT2D eigenvalue weighted by molar-refractivity contribution is 0.0601. The summed E-state index contributed by atoms with van der Waals surface area (Å²) in [7, 11) is 1.15. The smallest absolute Gasteiger partial charge is 0.340 e. The molecule has 0 aliphatic rings. The summed E-state index contributed by atoms with van der Waals surface area (Å²) in [4.78, 5) is 11.3. The van der Waals surface area contributed by atoms with Crippen LogP contribution in [0.25, 0.3) is 6.08 Å². The summed E-state index contributed by atoms with van der Waals surface area (Å²) >= 11 is 2.91. The van der Waals surface area contributed by atoms with Crippen LogP contribution in [0.3, 0.4) is 0 Å². The molecule has 16 heavy (non-hydrogen) atoms. The van der Waals surface area contributed by atoms with Crippen LogP contribution >= 0.6 is 15.9 Å². The molecular weight excluding hydrogens is 284 g/mol. The Hall–Kier alpha value is -1.43. The molecule has 1 aromatic carbocycles. The number of esters is 1. The van der Waals surface area contributed by atoms with Crippen molar-refractivity contribution >= 4 is 33.7 Å². The minimum atomic E-state index is -0.823. The van der Waals surface area contributed by atoms with E-state index in [0.717, 1.165) is 13.2 Å². The zero-order valence-corrected chi connectivity index (χ0v) is 9.85. The number of benzene rings is 1. The minimum absolute atomic E-state index is 0.00782. The molecule has 0 saturated heterocycles. The van der Waals surface area contributed by atoms with Crippen LogP contribution in [0.1, 0.15) is 15.9 Å². The third-order valence-corrected chi connectivity index (χ3v) is 2.73. The molecule has 0 unspecified atom stereocenters. The monoisotopic (exact) mass is 291 g/mol. The van der Waals surface area contributed by atoms with Crippen LogP contribution in [0, 0.1) is 5.82 Å². The lowest BCUT2D eigenvalue weighted by atomic mass is 10.1. The van der Waals surface area contributed by atoms with Crippen molar-refractivity contribution in [3.63, 3.8) is 0 Å². The predicted octanol–water partition coefficient (Wildman–Crippen LogP) is 2.90. The van der Waals surface area contributed by atoms with Gasteiger partial charge in [-0.25, -0.2) is 13.6 Å². The fourth-order valence-corrected chi connectivity index (χ4v) is 1.59. The molecule has 0 aromatic heterocycles. The number of halogens is 3. The van der Waals surface area contributed by atoms with Crippen LogP contribution < -0.4 is 5.73 Å². The first-order valence-corrected chi connectivity index (χ1v) is 4.94. The average Bonchev–Trinajstić information content (AvgIpc) is 2.29. The van der Waals surface area contributed by atoms with E-state index in [4.69, 9.17) is 5.73 Å². The molecule has 0 aliphatic heterocycles. The Kier molecular flexibility index (Phi) is 4.00. The van der Waals surface area contributed by atoms with Crippen molar-refractivity contribution in [1.29, 1.82) is 0 Å². The van der Waals surface area contributed by atoms with Crippen LogP contribution in [0.4, 0.5) is 14.5 Å². The molecular formula is C10H8BrF2NO2. The molecule has 1 rings (SSSR count). The molecule has 0 aliphatic carbocycles. The Balaban J connectivity index is 3.46. The van der Waals surface area contributed by atoms with E-state index in [9.17, 15) is 13.6 Å². The van der Waals surface area contributed by atoms with Gasteiger partial charge in [0.2, 0.25) is 0 Å². The van der Waals surface area contributed by atoms with E-state index >= 15 is 0 Å². The molecule has 0 radical (unpaired) electrons. The Bertz CT molecular complexity index is 461. The van der Waals surface area contributed by atoms with Crippen molar-refractivity contribution in [1.82, 2.24) is 0 Å². The van der Waals surface area contributed by atoms with Crippen LogP contribution in [0.5, 0.6) is 0 Å². The van der Waals surface area contributed by atoms with Gasteiger partial charge in [0.05, 0.1) is 29.2 Å². The lowest BCUT2D eigenvalue weighted by Crippen LogP contribution is -2.08. The summed E-state index contributed by atoms with van der Waals surface area (Å²) in [6, 6.07) is 1.24. The van der Waals surface area contributed by atoms with Gasteiger partial charge in [-0.3, -0.25) is 0 Å². The van der Waals surface area contributed by atoms with Crippen molar-refractivity contribution < 1.29 is 18.3 Å². The van der Waals surface area contributed by atoms with E-state index in [0.29, 0.717) is 0 Å². The van der Waals surface area contributed by atoms with Gasteiger partial charge in [0, 0.05) is 0 Å². The highest BCUT2D eigenvalue weighted by molar-refractivity contribution is 9.10. The quantitative estimate of drug-likeness (QED) is 0.673. The molecule has 0 atom stereocenters. The summed E-state index contributed by atoms with van der Waals surface area (Å²) < 4.78 is 30.0. The second kappa shape index (κ2) is 5.07. The Morgan fingerprint density at radius 2 is 2.25 bits per heavy atom. The molecule has 0 spiro atoms. The maximum atomic E-state index is 13.5. The number of ether oxygens (including phenoxy) is 1. The number of methoxy groups -OCH3 is 1. The van der Waals surface area contributed by atoms with E-state index in [1.165, 1.54) is 6.07 Å². The van der Waals surface area contributed by atoms with Crippen LogP contribution in [-0.4, -0.2) is 13.1 Å². The molecule has 3 nitrogen and oxygen atoms in total. The second-order valence-corrected chi connectivity index (χ2v) is 3.63. The van der Waals surface area contributed by atoms with Gasteiger partial charge in [0.15, 0.2) is 5.82 Å². The van der Waals surface area contributed by atoms with Crippen LogP contribution in [0.15, 0.2) is 16.9 Å². The average molecular weight is 292 g/mol. The minimum Gasteiger partial charge on any atom is -0.465 e. The highest BCUT2D eigenvalue weighted by Gasteiger charge is 2.18. The fourth-order valence-electron chi connectivity index (χ4n) is 1.13. The summed E-state index contributed by atoms with van der Waals surface area (Å²) in [5, 5.41) is 0. The normalized spacial score (nSPS) is 10.8. The number of rotatable bonds is 2. The maximum absolute atomic E-state index is 13.5. The third-order valence-electron chi connectivity index (χ3n) is 1.92. The van der Waals surface area contributed by atoms with Gasteiger partial charge >= 0.3 is 5.97 Å². The zero-order valence-electron chi connectivity index (χ0n) is 8.26. The van der Waals surface area contributed by atoms with Gasteiger partial charge in [0.25, 0.3) is 0 Å². The summed E-state index contributed by atoms with van der Waals surface area (Å²) in [6.07, 6.45) is 1.23. The summed E-state index contributed by atoms with van der Waals surface area (Å²) in [5.74, 6) is -1.60. The van der Waals surface area contributed by atoms with Gasteiger partial charge in [-0.15, -0.1) is 0 Å². The van der Waals surface area contributed by atoms with E-state index < -0.39 is 11.8 Å². The van der Waals surface area contributed by atoms with Crippen molar-refractivity contribution in [2.75, 3.05) is 12.8 Å². The second-order valence-electron chi connectivity index (χ2n) is 2.84. The number of carbonyl (C=O) groups excluding carboxylic acids is 1. The fraction of sp³-hybridized carbons (Fsp3) is 0.100. The molecule has 6 heteroatoms. The number of nitrogen functional groups attached to an aromatic ring is 1. The first-order valence-electron chi connectivity index (χ1n) is 4.15. The van der Waals surface area contributed by atoms with Crippen LogP contribution in [0.2, 0.25) is 0 Å². The van der Waals surface area contributed by atoms with Gasteiger partial charge in [0.1, 0.15) is 0 Å². The first kappa shape index (κ1) is 12.6. The van der Waals surface area contributed by atoms with Gasteiger partial charge < -0.3 is 10.5 Å². The molecule has 0 amide bonds. The molecule has 0 heterocycles. The number of nitrogens with two attached hydrogens (primary N) is 1. The standard InChI is InChI=1S/C10H8BrF2NO2/c1-16-10(15)6-4-5(2-3-12)7(11)8(13)9(6)14/h2-4H,14H2,1H3/b3-2-. The Morgan fingerprint density at radius 1 is 1.62 bits per heavy atom. The third kappa shape index (κ3) is 2.21. The number of hydrogen-bond donors (Lipinski definition) is 1. The molecule has 1 aromatic rings. The van der Waals surface area contributed by atoms with E-state index in [1.54, 1.807) is 0 Å². The maximum Gasteiger partial charge on any atom is 0.340 e. The highest BCUT2D eigenvalue weighted by atomic mass is 79.9. The molecule has 0 fully saturated rings. The largest absolute Gasteiger partial charge is 0.465 e. The predicted molar refractivity (Wildman–Crippen MR) is 60.0 cm³/mol. The van der Waals surface area contributed by atoms with E-state index in [-0.39, 0.29) is 27.6 Å². The Labute approximate surface area is 99.0 Å². The highest BCUT2D eigenvalue weighted by Crippen LogP contribution is 2.30. The van der Waals surface area contributed by atoms with Gasteiger partial charge in [-0.1, -0.05) is 0 Å². The summed E-state index contributed by atoms with van der Waals surface area (Å²) in [6.45, 7) is 0. The number of anilines is 1. The molecule has 86 valence electrons. The number of carbonyl (C=O) groups is 1. The van der Waals surface area contributed by atoms with Crippen LogP contribution in [-0.2, 0) is 4.74 Å². The van der Waals surface area contributed by atoms with Crippen molar-refractivity contribution in [3.05, 3.63) is 33.8 Å². The Morgan fingerprint density at radius 3 is 2.75 bits per heavy atom. The first-order chi connectivity index (χ1) is 7.52. The van der Waals surface area contributed by atoms with Crippen molar-refractivity contribution in [2.24, 2.45) is 0 Å². The van der Waals surface area contributed by atoms with Crippen molar-refractivity contribution in [3.8, 4) is 0 Å². The van der Waals surface area contributed by atoms with Crippen molar-refractivity contribution in [2.45, 2.75) is 0 Å². The molecule has 0 bridgehead atoms. The SMILES string of the molecule is COC(=O)c1cc(/C=C\F)c(Br)c(F)c1N. The molecule has 2 N–H and O–H groups in total. The topological polar surface area (TPSA) is 52.3 Å². The lowest BCUT2D eigenvalue weighted by Gasteiger charge is -2.08. The molecule has 0 saturated carbocycles.